The minimum atomic E-state index is -2.69. The highest BCUT2D eigenvalue weighted by atomic mass is 19.3. The van der Waals surface area contributed by atoms with Crippen molar-refractivity contribution in [3.8, 4) is 5.88 Å². The first-order valence-electron chi connectivity index (χ1n) is 3.48. The molecule has 0 radical (unpaired) electrons. The van der Waals surface area contributed by atoms with Crippen LogP contribution in [0.2, 0.25) is 0 Å². The van der Waals surface area contributed by atoms with E-state index < -0.39 is 18.7 Å². The molecule has 0 aliphatic rings. The molecule has 6 heteroatoms. The second kappa shape index (κ2) is 4.08. The maximum absolute atomic E-state index is 12.1. The van der Waals surface area contributed by atoms with Crippen LogP contribution in [0.5, 0.6) is 5.88 Å². The predicted octanol–water partition coefficient (Wildman–Crippen LogP) is 0.915. The number of rotatable bonds is 3. The third kappa shape index (κ3) is 2.09. The normalized spacial score (nSPS) is 10.5. The van der Waals surface area contributed by atoms with Crippen LogP contribution >= 0.6 is 0 Å². The Labute approximate surface area is 73.2 Å². The number of halogens is 2. The number of methoxy groups -OCH3 is 1. The molecule has 1 aromatic rings. The van der Waals surface area contributed by atoms with Gasteiger partial charge in [0.2, 0.25) is 5.88 Å². The van der Waals surface area contributed by atoms with Crippen molar-refractivity contribution in [3.05, 3.63) is 17.3 Å². The quantitative estimate of drug-likeness (QED) is 0.769. The van der Waals surface area contributed by atoms with Crippen molar-refractivity contribution in [1.29, 1.82) is 0 Å². The Hall–Kier alpha value is -1.30. The molecule has 0 saturated carbocycles. The lowest BCUT2D eigenvalue weighted by Crippen LogP contribution is -2.01. The second-order valence-corrected chi connectivity index (χ2v) is 2.26. The third-order valence-corrected chi connectivity index (χ3v) is 1.44. The van der Waals surface area contributed by atoms with Crippen LogP contribution in [0.3, 0.4) is 0 Å². The number of hydrogen-bond acceptors (Lipinski definition) is 4. The molecule has 1 aromatic heterocycles. The molecule has 1 N–H and O–H groups in total. The van der Waals surface area contributed by atoms with Crippen LogP contribution in [0, 0.1) is 0 Å². The molecule has 0 unspecified atom stereocenters. The summed E-state index contributed by atoms with van der Waals surface area (Å²) in [4.78, 5) is 0. The van der Waals surface area contributed by atoms with E-state index in [4.69, 9.17) is 9.84 Å². The highest BCUT2D eigenvalue weighted by molar-refractivity contribution is 5.25. The van der Waals surface area contributed by atoms with Crippen molar-refractivity contribution in [3.63, 3.8) is 0 Å². The van der Waals surface area contributed by atoms with Crippen molar-refractivity contribution in [2.45, 2.75) is 13.0 Å². The van der Waals surface area contributed by atoms with Gasteiger partial charge in [-0.25, -0.2) is 8.78 Å². The largest absolute Gasteiger partial charge is 0.480 e. The van der Waals surface area contributed by atoms with Crippen molar-refractivity contribution in [2.24, 2.45) is 0 Å². The van der Waals surface area contributed by atoms with Gasteiger partial charge in [-0.05, 0) is 6.07 Å². The molecule has 0 aliphatic carbocycles. The van der Waals surface area contributed by atoms with E-state index >= 15 is 0 Å². The number of nitrogens with zero attached hydrogens (tertiary/aromatic N) is 2. The summed E-state index contributed by atoms with van der Waals surface area (Å²) in [6.45, 7) is -0.404. The van der Waals surface area contributed by atoms with E-state index in [2.05, 4.69) is 10.2 Å². The zero-order valence-corrected chi connectivity index (χ0v) is 6.87. The molecule has 0 amide bonds. The average molecular weight is 190 g/mol. The lowest BCUT2D eigenvalue weighted by Gasteiger charge is -2.05. The summed E-state index contributed by atoms with van der Waals surface area (Å²) in [5, 5.41) is 15.4. The summed E-state index contributed by atoms with van der Waals surface area (Å²) in [6, 6.07) is 1.07. The SMILES string of the molecule is COc1nnc(C(F)F)cc1CO. The Kier molecular flexibility index (Phi) is 3.07. The fourth-order valence-electron chi connectivity index (χ4n) is 0.828. The fourth-order valence-corrected chi connectivity index (χ4v) is 0.828. The summed E-state index contributed by atoms with van der Waals surface area (Å²) in [5.74, 6) is 0.0619. The minimum absolute atomic E-state index is 0.0619. The van der Waals surface area contributed by atoms with E-state index in [1.807, 2.05) is 0 Å². The maximum Gasteiger partial charge on any atom is 0.282 e. The number of hydrogen-bond donors (Lipinski definition) is 1. The van der Waals surface area contributed by atoms with E-state index in [0.29, 0.717) is 0 Å². The lowest BCUT2D eigenvalue weighted by molar-refractivity contribution is 0.143. The molecule has 13 heavy (non-hydrogen) atoms. The maximum atomic E-state index is 12.1. The van der Waals surface area contributed by atoms with Crippen LogP contribution in [0.25, 0.3) is 0 Å². The van der Waals surface area contributed by atoms with E-state index in [1.54, 1.807) is 0 Å². The van der Waals surface area contributed by atoms with Crippen molar-refractivity contribution in [2.75, 3.05) is 7.11 Å². The van der Waals surface area contributed by atoms with Gasteiger partial charge in [-0.2, -0.15) is 0 Å². The van der Waals surface area contributed by atoms with Crippen LogP contribution in [0.15, 0.2) is 6.07 Å². The van der Waals surface area contributed by atoms with Crippen LogP contribution in [-0.4, -0.2) is 22.4 Å². The topological polar surface area (TPSA) is 55.2 Å². The fraction of sp³-hybridized carbons (Fsp3) is 0.429. The van der Waals surface area contributed by atoms with Crippen LogP contribution in [-0.2, 0) is 6.61 Å². The second-order valence-electron chi connectivity index (χ2n) is 2.26. The Balaban J connectivity index is 3.05. The van der Waals surface area contributed by atoms with Crippen molar-refractivity contribution >= 4 is 0 Å². The molecule has 72 valence electrons. The van der Waals surface area contributed by atoms with Gasteiger partial charge in [-0.1, -0.05) is 0 Å². The Bertz CT molecular complexity index is 294. The van der Waals surface area contributed by atoms with Crippen LogP contribution < -0.4 is 4.74 Å². The van der Waals surface area contributed by atoms with Crippen molar-refractivity contribution in [1.82, 2.24) is 10.2 Å². The lowest BCUT2D eigenvalue weighted by atomic mass is 10.2. The van der Waals surface area contributed by atoms with Gasteiger partial charge in [-0.15, -0.1) is 10.2 Å². The highest BCUT2D eigenvalue weighted by Gasteiger charge is 2.13. The smallest absolute Gasteiger partial charge is 0.282 e. The summed E-state index contributed by atoms with van der Waals surface area (Å²) in [5.41, 5.74) is -0.266. The molecule has 1 rings (SSSR count). The molecular weight excluding hydrogens is 182 g/mol. The summed E-state index contributed by atoms with van der Waals surface area (Å²) >= 11 is 0. The number of aliphatic hydroxyl groups excluding tert-OH is 1. The zero-order chi connectivity index (χ0) is 9.84. The van der Waals surface area contributed by atoms with E-state index in [-0.39, 0.29) is 11.4 Å². The van der Waals surface area contributed by atoms with Gasteiger partial charge in [0.15, 0.2) is 0 Å². The molecule has 0 aliphatic heterocycles. The van der Waals surface area contributed by atoms with Gasteiger partial charge < -0.3 is 9.84 Å². The van der Waals surface area contributed by atoms with Crippen LogP contribution in [0.4, 0.5) is 8.78 Å². The first-order valence-corrected chi connectivity index (χ1v) is 3.48. The van der Waals surface area contributed by atoms with Gasteiger partial charge in [0.1, 0.15) is 5.69 Å². The summed E-state index contributed by atoms with van der Waals surface area (Å²) < 4.78 is 28.9. The molecule has 0 spiro atoms. The number of aromatic nitrogens is 2. The average Bonchev–Trinajstić information content (AvgIpc) is 2.16. The van der Waals surface area contributed by atoms with E-state index in [0.717, 1.165) is 6.07 Å². The Morgan fingerprint density at radius 2 is 2.23 bits per heavy atom. The molecular formula is C7H8F2N2O2. The number of ether oxygens (including phenoxy) is 1. The number of aliphatic hydroxyl groups is 1. The Morgan fingerprint density at radius 1 is 1.54 bits per heavy atom. The molecule has 4 nitrogen and oxygen atoms in total. The van der Waals surface area contributed by atoms with Gasteiger partial charge in [0, 0.05) is 5.56 Å². The highest BCUT2D eigenvalue weighted by Crippen LogP contribution is 2.20. The van der Waals surface area contributed by atoms with Crippen molar-refractivity contribution < 1.29 is 18.6 Å². The van der Waals surface area contributed by atoms with Gasteiger partial charge in [0.05, 0.1) is 13.7 Å². The molecule has 0 atom stereocenters. The predicted molar refractivity (Wildman–Crippen MR) is 39.5 cm³/mol. The monoisotopic (exact) mass is 190 g/mol. The van der Waals surface area contributed by atoms with Gasteiger partial charge >= 0.3 is 0 Å². The van der Waals surface area contributed by atoms with E-state index in [1.165, 1.54) is 7.11 Å². The van der Waals surface area contributed by atoms with E-state index in [9.17, 15) is 8.78 Å². The first-order chi connectivity index (χ1) is 6.19. The Morgan fingerprint density at radius 3 is 2.69 bits per heavy atom. The number of alkyl halides is 2. The summed E-state index contributed by atoms with van der Waals surface area (Å²) in [6.07, 6.45) is -2.69. The third-order valence-electron chi connectivity index (χ3n) is 1.44. The van der Waals surface area contributed by atoms with Crippen LogP contribution in [0.1, 0.15) is 17.7 Å². The molecule has 0 saturated heterocycles. The molecule has 0 aromatic carbocycles. The van der Waals surface area contributed by atoms with Gasteiger partial charge in [-0.3, -0.25) is 0 Å². The minimum Gasteiger partial charge on any atom is -0.480 e. The molecule has 1 heterocycles. The first kappa shape index (κ1) is 9.79. The van der Waals surface area contributed by atoms with Gasteiger partial charge in [0.25, 0.3) is 6.43 Å². The molecule has 0 fully saturated rings. The standard InChI is InChI=1S/C7H8F2N2O2/c1-13-7-4(3-12)2-5(6(8)9)10-11-7/h2,6,12H,3H2,1H3. The summed E-state index contributed by atoms with van der Waals surface area (Å²) in [7, 11) is 1.32. The zero-order valence-electron chi connectivity index (χ0n) is 6.87. The molecule has 0 bridgehead atoms.